The highest BCUT2D eigenvalue weighted by molar-refractivity contribution is 7.90. The van der Waals surface area contributed by atoms with Gasteiger partial charge in [0.05, 0.1) is 5.75 Å². The van der Waals surface area contributed by atoms with Crippen LogP contribution in [-0.4, -0.2) is 38.4 Å². The Hall–Kier alpha value is 0.200. The van der Waals surface area contributed by atoms with Crippen molar-refractivity contribution >= 4 is 21.4 Å². The maximum Gasteiger partial charge on any atom is 0.147 e. The van der Waals surface area contributed by atoms with Gasteiger partial charge in [-0.3, -0.25) is 0 Å². The van der Waals surface area contributed by atoms with Crippen LogP contribution in [-0.2, 0) is 9.84 Å². The lowest BCUT2D eigenvalue weighted by molar-refractivity contribution is 0.210. The van der Waals surface area contributed by atoms with Crippen molar-refractivity contribution in [3.05, 3.63) is 0 Å². The Morgan fingerprint density at radius 2 is 2.18 bits per heavy atom. The molecule has 2 unspecified atom stereocenters. The monoisotopic (exact) mass is 281 g/mol. The second-order valence-corrected chi connectivity index (χ2v) is 8.05. The van der Waals surface area contributed by atoms with Gasteiger partial charge < -0.3 is 5.32 Å². The van der Waals surface area contributed by atoms with Gasteiger partial charge in [0.2, 0.25) is 0 Å². The standard InChI is InChI=1S/C12H24ClNO2S/c1-11-5-3-6-12(9-11,10-13)14-7-4-8-17(2,15)16/h11,14H,3-10H2,1-2H3. The second-order valence-electron chi connectivity index (χ2n) is 5.53. The molecular formula is C12H24ClNO2S. The molecule has 0 aromatic rings. The molecule has 2 atom stereocenters. The minimum absolute atomic E-state index is 0.0384. The molecule has 5 heteroatoms. The van der Waals surface area contributed by atoms with E-state index in [9.17, 15) is 8.42 Å². The Bertz CT molecular complexity index is 331. The van der Waals surface area contributed by atoms with Crippen LogP contribution in [0.1, 0.15) is 39.0 Å². The van der Waals surface area contributed by atoms with E-state index >= 15 is 0 Å². The van der Waals surface area contributed by atoms with Crippen molar-refractivity contribution < 1.29 is 8.42 Å². The van der Waals surface area contributed by atoms with Crippen LogP contribution in [0.15, 0.2) is 0 Å². The van der Waals surface area contributed by atoms with Crippen molar-refractivity contribution in [3.8, 4) is 0 Å². The molecule has 0 amide bonds. The fraction of sp³-hybridized carbons (Fsp3) is 1.00. The predicted octanol–water partition coefficient (Wildman–Crippen LogP) is 2.20. The third kappa shape index (κ3) is 5.58. The molecule has 1 N–H and O–H groups in total. The summed E-state index contributed by atoms with van der Waals surface area (Å²) < 4.78 is 22.1. The first kappa shape index (κ1) is 15.3. The lowest BCUT2D eigenvalue weighted by Crippen LogP contribution is -2.50. The van der Waals surface area contributed by atoms with Gasteiger partial charge in [0.1, 0.15) is 9.84 Å². The Morgan fingerprint density at radius 3 is 2.71 bits per heavy atom. The molecule has 0 aromatic heterocycles. The molecule has 0 radical (unpaired) electrons. The molecule has 0 aliphatic heterocycles. The largest absolute Gasteiger partial charge is 0.310 e. The molecule has 1 saturated carbocycles. The first-order valence-corrected chi connectivity index (χ1v) is 8.95. The molecule has 17 heavy (non-hydrogen) atoms. The molecule has 0 saturated heterocycles. The summed E-state index contributed by atoms with van der Waals surface area (Å²) in [6.45, 7) is 3.01. The molecule has 0 spiro atoms. The number of sulfone groups is 1. The fourth-order valence-electron chi connectivity index (χ4n) is 2.68. The van der Waals surface area contributed by atoms with E-state index in [0.717, 1.165) is 19.4 Å². The zero-order valence-electron chi connectivity index (χ0n) is 10.8. The number of hydrogen-bond donors (Lipinski definition) is 1. The van der Waals surface area contributed by atoms with E-state index in [-0.39, 0.29) is 11.3 Å². The first-order valence-electron chi connectivity index (χ1n) is 6.36. The summed E-state index contributed by atoms with van der Waals surface area (Å²) >= 11 is 6.09. The highest BCUT2D eigenvalue weighted by Crippen LogP contribution is 2.33. The van der Waals surface area contributed by atoms with E-state index in [2.05, 4.69) is 12.2 Å². The maximum atomic E-state index is 11.0. The molecule has 1 rings (SSSR count). The third-order valence-electron chi connectivity index (χ3n) is 3.54. The number of halogens is 1. The van der Waals surface area contributed by atoms with E-state index in [0.29, 0.717) is 18.2 Å². The van der Waals surface area contributed by atoms with Gasteiger partial charge in [0, 0.05) is 17.7 Å². The molecular weight excluding hydrogens is 258 g/mol. The van der Waals surface area contributed by atoms with Crippen LogP contribution < -0.4 is 5.32 Å². The summed E-state index contributed by atoms with van der Waals surface area (Å²) in [5.74, 6) is 1.59. The zero-order valence-corrected chi connectivity index (χ0v) is 12.4. The van der Waals surface area contributed by atoms with Crippen molar-refractivity contribution in [2.75, 3.05) is 24.4 Å². The lowest BCUT2D eigenvalue weighted by Gasteiger charge is -2.39. The highest BCUT2D eigenvalue weighted by Gasteiger charge is 2.33. The van der Waals surface area contributed by atoms with Gasteiger partial charge in [0.25, 0.3) is 0 Å². The lowest BCUT2D eigenvalue weighted by atomic mass is 9.77. The van der Waals surface area contributed by atoms with Crippen LogP contribution in [0.3, 0.4) is 0 Å². The Morgan fingerprint density at radius 1 is 1.47 bits per heavy atom. The zero-order chi connectivity index (χ0) is 12.9. The Balaban J connectivity index is 2.36. The van der Waals surface area contributed by atoms with Crippen LogP contribution >= 0.6 is 11.6 Å². The van der Waals surface area contributed by atoms with Gasteiger partial charge in [-0.05, 0) is 31.7 Å². The highest BCUT2D eigenvalue weighted by atomic mass is 35.5. The summed E-state index contributed by atoms with van der Waals surface area (Å²) in [4.78, 5) is 0. The average molecular weight is 282 g/mol. The van der Waals surface area contributed by atoms with Crippen LogP contribution in [0.5, 0.6) is 0 Å². The Labute approximate surface area is 110 Å². The van der Waals surface area contributed by atoms with Gasteiger partial charge in [0.15, 0.2) is 0 Å². The van der Waals surface area contributed by atoms with Gasteiger partial charge in [-0.2, -0.15) is 0 Å². The van der Waals surface area contributed by atoms with Gasteiger partial charge in [-0.25, -0.2) is 8.42 Å². The van der Waals surface area contributed by atoms with E-state index < -0.39 is 9.84 Å². The molecule has 0 heterocycles. The maximum absolute atomic E-state index is 11.0. The summed E-state index contributed by atoms with van der Waals surface area (Å²) in [6, 6.07) is 0. The number of alkyl halides is 1. The number of rotatable bonds is 6. The topological polar surface area (TPSA) is 46.2 Å². The first-order chi connectivity index (χ1) is 7.87. The van der Waals surface area contributed by atoms with Crippen LogP contribution in [0.2, 0.25) is 0 Å². The molecule has 3 nitrogen and oxygen atoms in total. The number of nitrogens with one attached hydrogen (secondary N) is 1. The summed E-state index contributed by atoms with van der Waals surface area (Å²) in [5.41, 5.74) is 0.0384. The van der Waals surface area contributed by atoms with E-state index in [4.69, 9.17) is 11.6 Å². The minimum atomic E-state index is -2.84. The summed E-state index contributed by atoms with van der Waals surface area (Å²) in [5, 5.41) is 3.49. The molecule has 1 aliphatic carbocycles. The van der Waals surface area contributed by atoms with Crippen molar-refractivity contribution in [2.45, 2.75) is 44.6 Å². The molecule has 102 valence electrons. The predicted molar refractivity (Wildman–Crippen MR) is 73.4 cm³/mol. The second kappa shape index (κ2) is 6.39. The van der Waals surface area contributed by atoms with Crippen LogP contribution in [0.25, 0.3) is 0 Å². The van der Waals surface area contributed by atoms with Crippen molar-refractivity contribution in [3.63, 3.8) is 0 Å². The van der Waals surface area contributed by atoms with E-state index in [1.165, 1.54) is 19.1 Å². The van der Waals surface area contributed by atoms with Gasteiger partial charge in [-0.15, -0.1) is 11.6 Å². The quantitative estimate of drug-likeness (QED) is 0.600. The summed E-state index contributed by atoms with van der Waals surface area (Å²) in [6.07, 6.45) is 6.67. The molecule has 1 fully saturated rings. The van der Waals surface area contributed by atoms with Crippen LogP contribution in [0.4, 0.5) is 0 Å². The van der Waals surface area contributed by atoms with Crippen molar-refractivity contribution in [1.82, 2.24) is 5.32 Å². The number of hydrogen-bond acceptors (Lipinski definition) is 3. The average Bonchev–Trinajstić information content (AvgIpc) is 2.23. The smallest absolute Gasteiger partial charge is 0.147 e. The summed E-state index contributed by atoms with van der Waals surface area (Å²) in [7, 11) is -2.84. The molecule has 0 aromatic carbocycles. The van der Waals surface area contributed by atoms with Crippen LogP contribution in [0, 0.1) is 5.92 Å². The van der Waals surface area contributed by atoms with Gasteiger partial charge in [-0.1, -0.05) is 19.8 Å². The Kier molecular flexibility index (Phi) is 5.74. The van der Waals surface area contributed by atoms with Crippen molar-refractivity contribution in [2.24, 2.45) is 5.92 Å². The SMILES string of the molecule is CC1CCCC(CCl)(NCCCS(C)(=O)=O)C1. The van der Waals surface area contributed by atoms with Gasteiger partial charge >= 0.3 is 0 Å². The molecule has 0 bridgehead atoms. The van der Waals surface area contributed by atoms with E-state index in [1.807, 2.05) is 0 Å². The third-order valence-corrected chi connectivity index (χ3v) is 5.08. The van der Waals surface area contributed by atoms with Crippen molar-refractivity contribution in [1.29, 1.82) is 0 Å². The fourth-order valence-corrected chi connectivity index (χ4v) is 3.68. The minimum Gasteiger partial charge on any atom is -0.310 e. The normalized spacial score (nSPS) is 30.4. The molecule has 1 aliphatic rings. The van der Waals surface area contributed by atoms with E-state index in [1.54, 1.807) is 0 Å².